The topological polar surface area (TPSA) is 222 Å². The first-order valence-corrected chi connectivity index (χ1v) is 17.7. The van der Waals surface area contributed by atoms with E-state index in [9.17, 15) is 28.8 Å². The van der Waals surface area contributed by atoms with E-state index in [1.165, 1.54) is 24.0 Å². The van der Waals surface area contributed by atoms with Crippen LogP contribution in [0.1, 0.15) is 47.9 Å². The number of aryl methyl sites for hydroxylation is 2. The molecule has 2 heterocycles. The third-order valence-corrected chi connectivity index (χ3v) is 9.28. The molecule has 6 N–H and O–H groups in total. The summed E-state index contributed by atoms with van der Waals surface area (Å²) in [5, 5.41) is 5.31. The lowest BCUT2D eigenvalue weighted by Crippen LogP contribution is -2.42. The van der Waals surface area contributed by atoms with E-state index in [-0.39, 0.29) is 63.8 Å². The molecule has 54 heavy (non-hydrogen) atoms. The molecule has 4 amide bonds. The molecular weight excluding hydrogens is 700 g/mol. The van der Waals surface area contributed by atoms with Crippen molar-refractivity contribution < 1.29 is 47.7 Å². The highest BCUT2D eigenvalue weighted by Gasteiger charge is 2.42. The number of nitrogens with zero attached hydrogens (tertiary/aromatic N) is 2. The van der Waals surface area contributed by atoms with Gasteiger partial charge in [-0.25, -0.2) is 19.2 Å². The van der Waals surface area contributed by atoms with Crippen LogP contribution in [0.2, 0.25) is 0 Å². The average molecular weight is 749 g/mol. The van der Waals surface area contributed by atoms with Gasteiger partial charge in [-0.15, -0.1) is 0 Å². The molecule has 16 heteroatoms. The summed E-state index contributed by atoms with van der Waals surface area (Å²) in [6.45, 7) is 0.427. The van der Waals surface area contributed by atoms with Crippen LogP contribution in [0.3, 0.4) is 0 Å². The number of alkyl carbamates (subject to hydrolysis) is 2. The Morgan fingerprint density at radius 1 is 0.630 bits per heavy atom. The zero-order chi connectivity index (χ0) is 39.0. The number of ether oxygens (including phenoxy) is 4. The van der Waals surface area contributed by atoms with Crippen molar-refractivity contribution in [3.63, 3.8) is 0 Å². The largest absolute Gasteiger partial charge is 0.467 e. The summed E-state index contributed by atoms with van der Waals surface area (Å²) in [6.07, 6.45) is 0.00659. The fraction of sp³-hybridized carbons (Fsp3) is 0.474. The molecule has 2 fully saturated rings. The van der Waals surface area contributed by atoms with Crippen LogP contribution >= 0.6 is 0 Å². The molecule has 0 saturated carbocycles. The highest BCUT2D eigenvalue weighted by Crippen LogP contribution is 2.23. The number of benzene rings is 2. The molecule has 4 unspecified atom stereocenters. The van der Waals surface area contributed by atoms with Gasteiger partial charge in [-0.05, 0) is 35.1 Å². The van der Waals surface area contributed by atoms with Crippen LogP contribution in [0.5, 0.6) is 0 Å². The number of amides is 4. The lowest BCUT2D eigenvalue weighted by Gasteiger charge is -2.22. The van der Waals surface area contributed by atoms with Crippen LogP contribution in [0.25, 0.3) is 0 Å². The molecular formula is C38H48N6O10. The normalized spacial score (nSPS) is 18.9. The predicted octanol–water partition coefficient (Wildman–Crippen LogP) is 0.910. The van der Waals surface area contributed by atoms with E-state index >= 15 is 0 Å². The Labute approximate surface area is 314 Å². The van der Waals surface area contributed by atoms with Crippen molar-refractivity contribution >= 4 is 35.9 Å². The van der Waals surface area contributed by atoms with Gasteiger partial charge in [0.15, 0.2) is 13.2 Å². The van der Waals surface area contributed by atoms with Crippen LogP contribution in [0, 0.1) is 11.8 Å². The predicted molar refractivity (Wildman–Crippen MR) is 194 cm³/mol. The van der Waals surface area contributed by atoms with Crippen LogP contribution in [-0.4, -0.2) is 110 Å². The van der Waals surface area contributed by atoms with Gasteiger partial charge in [-0.3, -0.25) is 9.59 Å². The molecule has 16 nitrogen and oxygen atoms in total. The van der Waals surface area contributed by atoms with Crippen molar-refractivity contribution in [3.8, 4) is 11.8 Å². The Balaban J connectivity index is 1.16. The monoisotopic (exact) mass is 748 g/mol. The number of carbonyl (C=O) groups is 6. The third kappa shape index (κ3) is 11.9. The number of likely N-dealkylation sites (tertiary alicyclic amines) is 2. The molecule has 0 aromatic heterocycles. The van der Waals surface area contributed by atoms with E-state index in [0.29, 0.717) is 25.9 Å². The van der Waals surface area contributed by atoms with Crippen molar-refractivity contribution in [2.24, 2.45) is 11.5 Å². The number of esters is 2. The van der Waals surface area contributed by atoms with E-state index in [4.69, 9.17) is 30.4 Å². The highest BCUT2D eigenvalue weighted by molar-refractivity contribution is 5.86. The van der Waals surface area contributed by atoms with Gasteiger partial charge < -0.3 is 50.8 Å². The summed E-state index contributed by atoms with van der Waals surface area (Å²) in [5.41, 5.74) is 15.2. The summed E-state index contributed by atoms with van der Waals surface area (Å²) < 4.78 is 20.0. The summed E-state index contributed by atoms with van der Waals surface area (Å²) >= 11 is 0. The second-order valence-corrected chi connectivity index (χ2v) is 12.9. The van der Waals surface area contributed by atoms with Crippen molar-refractivity contribution in [3.05, 3.63) is 70.8 Å². The van der Waals surface area contributed by atoms with Crippen molar-refractivity contribution in [2.75, 3.05) is 40.5 Å². The van der Waals surface area contributed by atoms with Crippen LogP contribution < -0.4 is 22.1 Å². The third-order valence-electron chi connectivity index (χ3n) is 9.28. The number of methoxy groups -OCH3 is 2. The van der Waals surface area contributed by atoms with Crippen molar-refractivity contribution in [2.45, 2.75) is 75.8 Å². The van der Waals surface area contributed by atoms with Crippen LogP contribution in [0.4, 0.5) is 9.59 Å². The van der Waals surface area contributed by atoms with Gasteiger partial charge >= 0.3 is 24.1 Å². The summed E-state index contributed by atoms with van der Waals surface area (Å²) in [5.74, 6) is 3.50. The molecule has 2 saturated heterocycles. The Hall–Kier alpha value is -5.66. The van der Waals surface area contributed by atoms with Gasteiger partial charge in [-0.2, -0.15) is 0 Å². The quantitative estimate of drug-likeness (QED) is 0.120. The lowest BCUT2D eigenvalue weighted by atomic mass is 10.1. The Morgan fingerprint density at radius 3 is 1.31 bits per heavy atom. The molecule has 0 aliphatic carbocycles. The maximum Gasteiger partial charge on any atom is 0.408 e. The fourth-order valence-corrected chi connectivity index (χ4v) is 6.35. The van der Waals surface area contributed by atoms with Gasteiger partial charge in [0.05, 0.1) is 26.3 Å². The van der Waals surface area contributed by atoms with E-state index < -0.39 is 48.3 Å². The lowest BCUT2D eigenvalue weighted by molar-refractivity contribution is -0.151. The summed E-state index contributed by atoms with van der Waals surface area (Å²) in [4.78, 5) is 78.7. The molecule has 4 rings (SSSR count). The zero-order valence-corrected chi connectivity index (χ0v) is 30.5. The first-order valence-electron chi connectivity index (χ1n) is 17.7. The molecule has 0 bridgehead atoms. The summed E-state index contributed by atoms with van der Waals surface area (Å²) in [7, 11) is 2.48. The maximum atomic E-state index is 13.1. The van der Waals surface area contributed by atoms with Gasteiger partial charge in [0.2, 0.25) is 11.8 Å². The first-order chi connectivity index (χ1) is 26.0. The molecule has 4 atom stereocenters. The number of carbonyl (C=O) groups excluding carboxylic acids is 6. The molecule has 2 aromatic carbocycles. The van der Waals surface area contributed by atoms with E-state index in [1.54, 1.807) is 0 Å². The fourth-order valence-electron chi connectivity index (χ4n) is 6.35. The number of hydrogen-bond donors (Lipinski definition) is 4. The van der Waals surface area contributed by atoms with Crippen molar-refractivity contribution in [1.82, 2.24) is 20.4 Å². The first kappa shape index (κ1) is 41.1. The van der Waals surface area contributed by atoms with Crippen LogP contribution in [-0.2, 0) is 64.1 Å². The number of rotatable bonds is 14. The number of hydrogen-bond acceptors (Lipinski definition) is 12. The SMILES string of the molecule is COC(=O)C1CC(NC(=O)OCC#CCOC(=O)NC2CC(C(=O)OC)N(C(=O)CCc3ccc(CN)cc3)C2)CN1C(=O)CCc1ccc(CN)cc1. The maximum absolute atomic E-state index is 13.1. The molecule has 2 aliphatic rings. The van der Waals surface area contributed by atoms with Gasteiger partial charge in [0.25, 0.3) is 0 Å². The van der Waals surface area contributed by atoms with E-state index in [2.05, 4.69) is 22.5 Å². The summed E-state index contributed by atoms with van der Waals surface area (Å²) in [6, 6.07) is 12.4. The Morgan fingerprint density at radius 2 is 0.981 bits per heavy atom. The van der Waals surface area contributed by atoms with Crippen molar-refractivity contribution in [1.29, 1.82) is 0 Å². The average Bonchev–Trinajstić information content (AvgIpc) is 3.81. The minimum atomic E-state index is -0.847. The zero-order valence-electron chi connectivity index (χ0n) is 30.5. The van der Waals surface area contributed by atoms with Crippen LogP contribution in [0.15, 0.2) is 48.5 Å². The number of nitrogens with two attached hydrogens (primary N) is 2. The van der Waals surface area contributed by atoms with Gasteiger partial charge in [-0.1, -0.05) is 60.4 Å². The molecule has 2 aromatic rings. The minimum Gasteiger partial charge on any atom is -0.467 e. The Kier molecular flexibility index (Phi) is 15.6. The number of nitrogens with one attached hydrogen (secondary N) is 2. The smallest absolute Gasteiger partial charge is 0.408 e. The van der Waals surface area contributed by atoms with E-state index in [1.807, 2.05) is 48.5 Å². The minimum absolute atomic E-state index is 0.103. The standard InChI is InChI=1S/C38H48N6O10/c1-51-35(47)31-19-29(23-43(31)33(45)15-13-25-5-9-27(21-39)10-6-25)41-37(49)53-17-3-4-18-54-38(50)42-30-20-32(36(48)52-2)44(24-30)34(46)16-14-26-7-11-28(22-40)12-8-26/h5-12,29-32H,13-24,39-40H2,1-2H3,(H,41,49)(H,42,50). The Bertz CT molecular complexity index is 1570. The highest BCUT2D eigenvalue weighted by atomic mass is 16.6. The van der Waals surface area contributed by atoms with Gasteiger partial charge in [0, 0.05) is 51.9 Å². The molecule has 0 radical (unpaired) electrons. The molecule has 0 spiro atoms. The second kappa shape index (κ2) is 20.5. The van der Waals surface area contributed by atoms with E-state index in [0.717, 1.165) is 22.3 Å². The molecule has 2 aliphatic heterocycles. The van der Waals surface area contributed by atoms with Gasteiger partial charge in [0.1, 0.15) is 12.1 Å². The molecule has 290 valence electrons. The second-order valence-electron chi connectivity index (χ2n) is 12.9.